The van der Waals surface area contributed by atoms with E-state index in [0.29, 0.717) is 12.1 Å². The second-order valence-corrected chi connectivity index (χ2v) is 4.13. The molecule has 6 nitrogen and oxygen atoms in total. The number of methoxy groups -OCH3 is 1. The number of carbonyl (C=O) groups excluding carboxylic acids is 3. The molecule has 1 aromatic rings. The van der Waals surface area contributed by atoms with E-state index in [2.05, 4.69) is 10.1 Å². The topological polar surface area (TPSA) is 75.5 Å². The SMILES string of the molecule is COC(=O)C1CN1C(=O)CNC(=O)c1ccccc1. The maximum absolute atomic E-state index is 11.7. The van der Waals surface area contributed by atoms with Crippen LogP contribution >= 0.6 is 0 Å². The summed E-state index contributed by atoms with van der Waals surface area (Å²) in [5, 5.41) is 2.52. The Morgan fingerprint density at radius 2 is 2.00 bits per heavy atom. The van der Waals surface area contributed by atoms with Crippen molar-refractivity contribution in [3.05, 3.63) is 35.9 Å². The Kier molecular flexibility index (Phi) is 3.79. The molecule has 1 aromatic carbocycles. The fraction of sp³-hybridized carbons (Fsp3) is 0.308. The average molecular weight is 262 g/mol. The van der Waals surface area contributed by atoms with Gasteiger partial charge < -0.3 is 15.0 Å². The molecule has 0 spiro atoms. The first-order valence-electron chi connectivity index (χ1n) is 5.84. The third-order valence-electron chi connectivity index (χ3n) is 2.84. The molecular formula is C13H14N2O4. The Morgan fingerprint density at radius 1 is 1.32 bits per heavy atom. The lowest BCUT2D eigenvalue weighted by Gasteiger charge is -2.06. The van der Waals surface area contributed by atoms with Crippen molar-refractivity contribution >= 4 is 17.8 Å². The van der Waals surface area contributed by atoms with Crippen molar-refractivity contribution in [3.8, 4) is 0 Å². The molecule has 0 bridgehead atoms. The molecule has 2 amide bonds. The lowest BCUT2D eigenvalue weighted by molar-refractivity contribution is -0.142. The summed E-state index contributed by atoms with van der Waals surface area (Å²) in [6.07, 6.45) is 0. The maximum Gasteiger partial charge on any atom is 0.330 e. The molecule has 1 aliphatic rings. The summed E-state index contributed by atoms with van der Waals surface area (Å²) in [5.74, 6) is -1.03. The highest BCUT2D eigenvalue weighted by Crippen LogP contribution is 2.18. The minimum absolute atomic E-state index is 0.124. The molecule has 1 saturated heterocycles. The Labute approximate surface area is 110 Å². The van der Waals surface area contributed by atoms with Gasteiger partial charge in [0.05, 0.1) is 20.2 Å². The van der Waals surface area contributed by atoms with Crippen LogP contribution in [0.4, 0.5) is 0 Å². The number of hydrogen-bond donors (Lipinski definition) is 1. The van der Waals surface area contributed by atoms with Crippen LogP contribution < -0.4 is 5.32 Å². The zero-order valence-electron chi connectivity index (χ0n) is 10.5. The molecule has 0 aliphatic carbocycles. The minimum Gasteiger partial charge on any atom is -0.467 e. The second kappa shape index (κ2) is 5.51. The zero-order chi connectivity index (χ0) is 13.8. The standard InChI is InChI=1S/C13H14N2O4/c1-19-13(18)10-8-15(10)11(16)7-14-12(17)9-5-3-2-4-6-9/h2-6,10H,7-8H2,1H3,(H,14,17). The van der Waals surface area contributed by atoms with E-state index in [1.807, 2.05) is 0 Å². The predicted octanol–water partition coefficient (Wildman–Crippen LogP) is -0.200. The summed E-state index contributed by atoms with van der Waals surface area (Å²) in [6, 6.07) is 8.12. The highest BCUT2D eigenvalue weighted by Gasteiger charge is 2.44. The van der Waals surface area contributed by atoms with Crippen LogP contribution in [0.2, 0.25) is 0 Å². The Morgan fingerprint density at radius 3 is 2.63 bits per heavy atom. The number of benzene rings is 1. The van der Waals surface area contributed by atoms with Crippen molar-refractivity contribution < 1.29 is 19.1 Å². The molecule has 1 heterocycles. The molecule has 0 aromatic heterocycles. The van der Waals surface area contributed by atoms with Gasteiger partial charge >= 0.3 is 5.97 Å². The molecule has 2 rings (SSSR count). The van der Waals surface area contributed by atoms with Crippen LogP contribution in [0.15, 0.2) is 30.3 Å². The smallest absolute Gasteiger partial charge is 0.330 e. The lowest BCUT2D eigenvalue weighted by Crippen LogP contribution is -2.34. The number of hydrogen-bond acceptors (Lipinski definition) is 4. The summed E-state index contributed by atoms with van der Waals surface area (Å²) in [5.41, 5.74) is 0.491. The van der Waals surface area contributed by atoms with E-state index < -0.39 is 12.0 Å². The minimum atomic E-state index is -0.494. The number of esters is 1. The third kappa shape index (κ3) is 3.09. The molecule has 1 unspecified atom stereocenters. The van der Waals surface area contributed by atoms with Crippen LogP contribution in [0.5, 0.6) is 0 Å². The van der Waals surface area contributed by atoms with E-state index in [9.17, 15) is 14.4 Å². The average Bonchev–Trinajstić information content (AvgIpc) is 3.25. The molecule has 19 heavy (non-hydrogen) atoms. The van der Waals surface area contributed by atoms with E-state index in [4.69, 9.17) is 0 Å². The van der Waals surface area contributed by atoms with Gasteiger partial charge in [-0.1, -0.05) is 18.2 Å². The van der Waals surface area contributed by atoms with Gasteiger partial charge in [-0.3, -0.25) is 9.59 Å². The van der Waals surface area contributed by atoms with Gasteiger partial charge in [0.1, 0.15) is 6.04 Å². The first-order valence-corrected chi connectivity index (χ1v) is 5.84. The van der Waals surface area contributed by atoms with Crippen LogP contribution in [0.1, 0.15) is 10.4 Å². The molecule has 1 fully saturated rings. The normalized spacial score (nSPS) is 16.7. The zero-order valence-corrected chi connectivity index (χ0v) is 10.5. The Hall–Kier alpha value is -2.37. The number of carbonyl (C=O) groups is 3. The predicted molar refractivity (Wildman–Crippen MR) is 66.3 cm³/mol. The summed E-state index contributed by atoms with van der Waals surface area (Å²) < 4.78 is 4.53. The van der Waals surface area contributed by atoms with Crippen LogP contribution in [0.3, 0.4) is 0 Å². The van der Waals surface area contributed by atoms with Gasteiger partial charge in [0, 0.05) is 5.56 Å². The van der Waals surface area contributed by atoms with Gasteiger partial charge in [-0.2, -0.15) is 0 Å². The second-order valence-electron chi connectivity index (χ2n) is 4.13. The summed E-state index contributed by atoms with van der Waals surface area (Å²) in [4.78, 5) is 35.9. The fourth-order valence-corrected chi connectivity index (χ4v) is 1.70. The molecule has 1 N–H and O–H groups in total. The van der Waals surface area contributed by atoms with Gasteiger partial charge in [0.2, 0.25) is 5.91 Å². The van der Waals surface area contributed by atoms with Crippen molar-refractivity contribution in [3.63, 3.8) is 0 Å². The highest BCUT2D eigenvalue weighted by atomic mass is 16.5. The first kappa shape index (κ1) is 13.1. The number of ether oxygens (including phenoxy) is 1. The lowest BCUT2D eigenvalue weighted by atomic mass is 10.2. The monoisotopic (exact) mass is 262 g/mol. The van der Waals surface area contributed by atoms with Gasteiger partial charge in [-0.05, 0) is 12.1 Å². The maximum atomic E-state index is 11.7. The molecule has 1 aliphatic heterocycles. The first-order chi connectivity index (χ1) is 9.13. The number of rotatable bonds is 4. The summed E-state index contributed by atoms with van der Waals surface area (Å²) in [7, 11) is 1.28. The molecule has 0 radical (unpaired) electrons. The van der Waals surface area contributed by atoms with Crippen molar-refractivity contribution in [1.82, 2.24) is 10.2 Å². The van der Waals surface area contributed by atoms with Crippen LogP contribution in [-0.2, 0) is 14.3 Å². The quantitative estimate of drug-likeness (QED) is 0.602. The molecular weight excluding hydrogens is 248 g/mol. The van der Waals surface area contributed by atoms with E-state index in [0.717, 1.165) is 0 Å². The van der Waals surface area contributed by atoms with Crippen molar-refractivity contribution in [1.29, 1.82) is 0 Å². The van der Waals surface area contributed by atoms with E-state index in [1.165, 1.54) is 12.0 Å². The van der Waals surface area contributed by atoms with E-state index in [1.54, 1.807) is 30.3 Å². The number of nitrogens with one attached hydrogen (secondary N) is 1. The van der Waals surface area contributed by atoms with Gasteiger partial charge in [0.15, 0.2) is 0 Å². The fourth-order valence-electron chi connectivity index (χ4n) is 1.70. The van der Waals surface area contributed by atoms with Crippen LogP contribution in [0, 0.1) is 0 Å². The summed E-state index contributed by atoms with van der Waals surface area (Å²) in [6.45, 7) is 0.230. The van der Waals surface area contributed by atoms with Gasteiger partial charge in [-0.15, -0.1) is 0 Å². The summed E-state index contributed by atoms with van der Waals surface area (Å²) >= 11 is 0. The Balaban J connectivity index is 1.79. The van der Waals surface area contributed by atoms with Gasteiger partial charge in [-0.25, -0.2) is 4.79 Å². The molecule has 6 heteroatoms. The van der Waals surface area contributed by atoms with E-state index in [-0.39, 0.29) is 18.4 Å². The highest BCUT2D eigenvalue weighted by molar-refractivity contribution is 5.97. The third-order valence-corrected chi connectivity index (χ3v) is 2.84. The molecule has 100 valence electrons. The van der Waals surface area contributed by atoms with Crippen LogP contribution in [-0.4, -0.2) is 48.9 Å². The van der Waals surface area contributed by atoms with Crippen molar-refractivity contribution in [2.24, 2.45) is 0 Å². The largest absolute Gasteiger partial charge is 0.467 e. The van der Waals surface area contributed by atoms with E-state index >= 15 is 0 Å². The van der Waals surface area contributed by atoms with Crippen molar-refractivity contribution in [2.75, 3.05) is 20.2 Å². The van der Waals surface area contributed by atoms with Gasteiger partial charge in [0.25, 0.3) is 5.91 Å². The number of amides is 2. The van der Waals surface area contributed by atoms with Crippen molar-refractivity contribution in [2.45, 2.75) is 6.04 Å². The van der Waals surface area contributed by atoms with Crippen LogP contribution in [0.25, 0.3) is 0 Å². The number of nitrogens with zero attached hydrogens (tertiary/aromatic N) is 1. The molecule has 0 saturated carbocycles. The Bertz CT molecular complexity index is 501. The molecule has 1 atom stereocenters.